The Morgan fingerprint density at radius 2 is 0.905 bits per heavy atom. The minimum atomic E-state index is -6.59. The van der Waals surface area contributed by atoms with Gasteiger partial charge in [0, 0.05) is 0 Å². The standard InChI is InChI=1S/C3H12O14P4/c4-3(5,21(15,16)17)2(19(9,10)11,20(12,13)14)1-18(6,7)8/h4-5H,1H2,(H2,6,7,8)(H2,9,10,11)(H2,12,13,14)(H2,15,16,17). The summed E-state index contributed by atoms with van der Waals surface area (Å²) in [6, 6.07) is 0. The van der Waals surface area contributed by atoms with Gasteiger partial charge in [0.25, 0.3) is 5.53 Å². The molecule has 0 unspecified atom stereocenters. The van der Waals surface area contributed by atoms with Crippen molar-refractivity contribution in [2.45, 2.75) is 10.4 Å². The van der Waals surface area contributed by atoms with Crippen LogP contribution in [0.3, 0.4) is 0 Å². The van der Waals surface area contributed by atoms with Crippen molar-refractivity contribution in [3.63, 3.8) is 0 Å². The molecule has 0 aliphatic heterocycles. The van der Waals surface area contributed by atoms with Crippen molar-refractivity contribution in [1.29, 1.82) is 0 Å². The normalized spacial score (nSPS) is 16.1. The highest BCUT2D eigenvalue weighted by Crippen LogP contribution is 2.80. The molecular weight excluding hydrogens is 384 g/mol. The lowest BCUT2D eigenvalue weighted by Crippen LogP contribution is -2.55. The molecule has 0 aromatic carbocycles. The average Bonchev–Trinajstić information content (AvgIpc) is 2.05. The quantitative estimate of drug-likeness (QED) is 0.159. The monoisotopic (exact) mass is 396 g/mol. The van der Waals surface area contributed by atoms with E-state index >= 15 is 0 Å². The van der Waals surface area contributed by atoms with Gasteiger partial charge < -0.3 is 49.4 Å². The summed E-state index contributed by atoms with van der Waals surface area (Å²) in [4.78, 5) is 65.6. The molecule has 18 heteroatoms. The third kappa shape index (κ3) is 3.89. The molecule has 0 amide bonds. The van der Waals surface area contributed by atoms with Gasteiger partial charge in [-0.2, -0.15) is 0 Å². The fraction of sp³-hybridized carbons (Fsp3) is 1.00. The van der Waals surface area contributed by atoms with E-state index in [1.54, 1.807) is 0 Å². The first-order valence-corrected chi connectivity index (χ1v) is 11.0. The Morgan fingerprint density at radius 1 is 0.619 bits per heavy atom. The molecule has 0 atom stereocenters. The minimum Gasteiger partial charge on any atom is -0.355 e. The van der Waals surface area contributed by atoms with Crippen LogP contribution in [0.4, 0.5) is 0 Å². The molecule has 0 aliphatic rings. The summed E-state index contributed by atoms with van der Waals surface area (Å²) in [6.07, 6.45) is -2.60. The number of rotatable bonds is 6. The van der Waals surface area contributed by atoms with Gasteiger partial charge in [0.15, 0.2) is 0 Å². The van der Waals surface area contributed by atoms with E-state index in [1.807, 2.05) is 0 Å². The van der Waals surface area contributed by atoms with Gasteiger partial charge in [0.2, 0.25) is 4.90 Å². The Hall–Kier alpha value is 0.520. The molecular formula is C3H12O14P4. The van der Waals surface area contributed by atoms with Crippen molar-refractivity contribution in [2.24, 2.45) is 0 Å². The predicted molar refractivity (Wildman–Crippen MR) is 62.9 cm³/mol. The lowest BCUT2D eigenvalue weighted by atomic mass is 10.4. The van der Waals surface area contributed by atoms with E-state index in [9.17, 15) is 28.5 Å². The van der Waals surface area contributed by atoms with Crippen molar-refractivity contribution in [3.8, 4) is 0 Å². The summed E-state index contributed by atoms with van der Waals surface area (Å²) in [5, 5.41) is 18.5. The highest BCUT2D eigenvalue weighted by Gasteiger charge is 2.79. The topological polar surface area (TPSA) is 271 Å². The van der Waals surface area contributed by atoms with Gasteiger partial charge in [-0.25, -0.2) is 0 Å². The summed E-state index contributed by atoms with van der Waals surface area (Å²) in [5.74, 6) is 0. The van der Waals surface area contributed by atoms with Crippen LogP contribution in [0.2, 0.25) is 0 Å². The van der Waals surface area contributed by atoms with Crippen LogP contribution in [0.5, 0.6) is 0 Å². The minimum absolute atomic E-state index is 2.60. The Kier molecular flexibility index (Phi) is 5.69. The summed E-state index contributed by atoms with van der Waals surface area (Å²) in [5.41, 5.74) is -5.13. The Bertz CT molecular complexity index is 557. The zero-order valence-corrected chi connectivity index (χ0v) is 13.2. The summed E-state index contributed by atoms with van der Waals surface area (Å²) in [6.45, 7) is 0. The average molecular weight is 396 g/mol. The van der Waals surface area contributed by atoms with Gasteiger partial charge in [0.05, 0.1) is 6.16 Å². The van der Waals surface area contributed by atoms with Crippen molar-refractivity contribution in [2.75, 3.05) is 6.16 Å². The van der Waals surface area contributed by atoms with Gasteiger partial charge >= 0.3 is 30.4 Å². The van der Waals surface area contributed by atoms with Gasteiger partial charge in [0.1, 0.15) is 0 Å². The summed E-state index contributed by atoms with van der Waals surface area (Å²) >= 11 is 0. The third-order valence-corrected chi connectivity index (χ3v) is 9.70. The number of aliphatic hydroxyl groups is 2. The molecule has 0 fully saturated rings. The molecule has 0 spiro atoms. The lowest BCUT2D eigenvalue weighted by molar-refractivity contribution is -0.119. The van der Waals surface area contributed by atoms with Crippen molar-refractivity contribution in [3.05, 3.63) is 0 Å². The first-order valence-electron chi connectivity index (χ1n) is 4.37. The molecule has 128 valence electrons. The Labute approximate surface area is 115 Å². The lowest BCUT2D eigenvalue weighted by Gasteiger charge is -2.42. The largest absolute Gasteiger partial charge is 0.386 e. The Morgan fingerprint density at radius 3 is 1.05 bits per heavy atom. The van der Waals surface area contributed by atoms with E-state index in [-0.39, 0.29) is 0 Å². The number of hydrogen-bond acceptors (Lipinski definition) is 6. The van der Waals surface area contributed by atoms with Gasteiger partial charge in [-0.15, -0.1) is 0 Å². The second-order valence-corrected chi connectivity index (χ2v) is 11.3. The van der Waals surface area contributed by atoms with Gasteiger partial charge in [-0.1, -0.05) is 0 Å². The maximum absolute atomic E-state index is 11.3. The molecule has 0 radical (unpaired) electrons. The molecule has 0 saturated heterocycles. The molecule has 21 heavy (non-hydrogen) atoms. The highest BCUT2D eigenvalue weighted by atomic mass is 31.2. The molecule has 0 bridgehead atoms. The van der Waals surface area contributed by atoms with E-state index in [1.165, 1.54) is 0 Å². The molecule has 0 aliphatic carbocycles. The van der Waals surface area contributed by atoms with Crippen molar-refractivity contribution >= 4 is 30.4 Å². The summed E-state index contributed by atoms with van der Waals surface area (Å²) in [7, 11) is -25.5. The second-order valence-electron chi connectivity index (χ2n) is 3.91. The third-order valence-electron chi connectivity index (χ3n) is 2.33. The molecule has 10 N–H and O–H groups in total. The van der Waals surface area contributed by atoms with Crippen LogP contribution < -0.4 is 0 Å². The van der Waals surface area contributed by atoms with Crippen LogP contribution in [0, 0.1) is 0 Å². The highest BCUT2D eigenvalue weighted by molar-refractivity contribution is 7.75. The molecule has 0 aromatic rings. The van der Waals surface area contributed by atoms with E-state index in [4.69, 9.17) is 39.1 Å². The van der Waals surface area contributed by atoms with Crippen LogP contribution >= 0.6 is 30.4 Å². The van der Waals surface area contributed by atoms with E-state index in [2.05, 4.69) is 0 Å². The maximum atomic E-state index is 11.3. The fourth-order valence-corrected chi connectivity index (χ4v) is 9.12. The van der Waals surface area contributed by atoms with Crippen molar-refractivity contribution in [1.82, 2.24) is 0 Å². The molecule has 0 rings (SSSR count). The van der Waals surface area contributed by atoms with E-state index in [0.29, 0.717) is 0 Å². The van der Waals surface area contributed by atoms with Crippen molar-refractivity contribution < 1.29 is 67.6 Å². The molecule has 0 saturated carbocycles. The zero-order valence-electron chi connectivity index (χ0n) is 9.60. The van der Waals surface area contributed by atoms with Crippen LogP contribution in [-0.4, -0.2) is 65.9 Å². The first-order chi connectivity index (χ1) is 8.71. The van der Waals surface area contributed by atoms with Gasteiger partial charge in [-0.05, 0) is 0 Å². The number of hydrogen-bond donors (Lipinski definition) is 10. The van der Waals surface area contributed by atoms with Gasteiger partial charge in [-0.3, -0.25) is 18.3 Å². The smallest absolute Gasteiger partial charge is 0.355 e. The van der Waals surface area contributed by atoms with Crippen LogP contribution in [0.1, 0.15) is 0 Å². The van der Waals surface area contributed by atoms with E-state index in [0.717, 1.165) is 0 Å². The Balaban J connectivity index is 6.94. The summed E-state index contributed by atoms with van der Waals surface area (Å²) < 4.78 is 44.3. The maximum Gasteiger partial charge on any atom is 0.386 e. The zero-order chi connectivity index (χ0) is 17.7. The second kappa shape index (κ2) is 5.55. The molecule has 14 nitrogen and oxygen atoms in total. The van der Waals surface area contributed by atoms with Crippen LogP contribution in [0.25, 0.3) is 0 Å². The van der Waals surface area contributed by atoms with Crippen LogP contribution in [-0.2, 0) is 18.3 Å². The SMILES string of the molecule is O=P(O)(O)CC(C(O)(O)P(=O)(O)O)(P(=O)(O)O)P(=O)(O)O. The van der Waals surface area contributed by atoms with E-state index < -0.39 is 47.0 Å². The molecule has 0 heterocycles. The molecule has 0 aromatic heterocycles. The van der Waals surface area contributed by atoms with Crippen LogP contribution in [0.15, 0.2) is 0 Å². The predicted octanol–water partition coefficient (Wildman–Crippen LogP) is -2.97. The fourth-order valence-electron chi connectivity index (χ4n) is 1.37. The first kappa shape index (κ1) is 21.5.